The Hall–Kier alpha value is -1.26. The molecule has 0 unspecified atom stereocenters. The standard InChI is InChI=1S/C17H25ClN2O2/c1-5-19-6-8-20(9-7-19)17(21)14(4)22-15-10-12(2)16(18)13(3)11-15/h10-11,14H,5-9H2,1-4H3/t14-/m1/s1. The van der Waals surface area contributed by atoms with E-state index in [9.17, 15) is 4.79 Å². The Balaban J connectivity index is 1.97. The molecule has 0 bridgehead atoms. The number of halogens is 1. The van der Waals surface area contributed by atoms with E-state index in [1.807, 2.05) is 37.8 Å². The van der Waals surface area contributed by atoms with Crippen LogP contribution < -0.4 is 4.74 Å². The molecule has 0 saturated carbocycles. The molecule has 1 fully saturated rings. The SMILES string of the molecule is CCN1CCN(C(=O)[C@@H](C)Oc2cc(C)c(Cl)c(C)c2)CC1. The van der Waals surface area contributed by atoms with Gasteiger partial charge >= 0.3 is 0 Å². The second-order valence-electron chi connectivity index (χ2n) is 5.89. The Morgan fingerprint density at radius 2 is 1.77 bits per heavy atom. The van der Waals surface area contributed by atoms with Crippen LogP contribution in [0.15, 0.2) is 12.1 Å². The molecule has 1 amide bonds. The summed E-state index contributed by atoms with van der Waals surface area (Å²) in [5, 5.41) is 0.752. The van der Waals surface area contributed by atoms with Crippen molar-refractivity contribution in [3.63, 3.8) is 0 Å². The van der Waals surface area contributed by atoms with Gasteiger partial charge in [-0.25, -0.2) is 0 Å². The van der Waals surface area contributed by atoms with Gasteiger partial charge in [0.15, 0.2) is 6.10 Å². The summed E-state index contributed by atoms with van der Waals surface area (Å²) in [7, 11) is 0. The summed E-state index contributed by atoms with van der Waals surface area (Å²) in [5.41, 5.74) is 1.93. The third-order valence-corrected chi connectivity index (χ3v) is 4.80. The zero-order chi connectivity index (χ0) is 16.3. The second-order valence-corrected chi connectivity index (χ2v) is 6.27. The van der Waals surface area contributed by atoms with Crippen molar-refractivity contribution in [1.82, 2.24) is 9.80 Å². The first kappa shape index (κ1) is 17.1. The van der Waals surface area contributed by atoms with E-state index >= 15 is 0 Å². The minimum Gasteiger partial charge on any atom is -0.481 e. The Morgan fingerprint density at radius 1 is 1.23 bits per heavy atom. The van der Waals surface area contributed by atoms with Crippen molar-refractivity contribution >= 4 is 17.5 Å². The van der Waals surface area contributed by atoms with Gasteiger partial charge in [-0.1, -0.05) is 18.5 Å². The maximum absolute atomic E-state index is 12.5. The van der Waals surface area contributed by atoms with Crippen LogP contribution in [-0.4, -0.2) is 54.5 Å². The molecular weight excluding hydrogens is 300 g/mol. The molecule has 1 saturated heterocycles. The highest BCUT2D eigenvalue weighted by Crippen LogP contribution is 2.26. The number of benzene rings is 1. The van der Waals surface area contributed by atoms with Gasteiger partial charge in [0.2, 0.25) is 0 Å². The molecule has 1 aliphatic rings. The fourth-order valence-electron chi connectivity index (χ4n) is 2.77. The molecule has 122 valence electrons. The van der Waals surface area contributed by atoms with Gasteiger partial charge in [0.05, 0.1) is 0 Å². The molecule has 0 aromatic heterocycles. The molecule has 2 rings (SSSR count). The highest BCUT2D eigenvalue weighted by molar-refractivity contribution is 6.32. The van der Waals surface area contributed by atoms with Gasteiger partial charge in [-0.3, -0.25) is 4.79 Å². The number of hydrogen-bond donors (Lipinski definition) is 0. The Labute approximate surface area is 138 Å². The van der Waals surface area contributed by atoms with Crippen molar-refractivity contribution in [3.05, 3.63) is 28.3 Å². The molecule has 22 heavy (non-hydrogen) atoms. The summed E-state index contributed by atoms with van der Waals surface area (Å²) < 4.78 is 5.84. The average molecular weight is 325 g/mol. The number of likely N-dealkylation sites (N-methyl/N-ethyl adjacent to an activating group) is 1. The number of amides is 1. The molecule has 0 aliphatic carbocycles. The summed E-state index contributed by atoms with van der Waals surface area (Å²) in [6.07, 6.45) is -0.479. The molecule has 0 spiro atoms. The van der Waals surface area contributed by atoms with Crippen molar-refractivity contribution in [1.29, 1.82) is 0 Å². The molecule has 0 N–H and O–H groups in total. The molecule has 1 heterocycles. The maximum Gasteiger partial charge on any atom is 0.263 e. The van der Waals surface area contributed by atoms with E-state index in [1.165, 1.54) is 0 Å². The lowest BCUT2D eigenvalue weighted by Gasteiger charge is -2.35. The number of ether oxygens (including phenoxy) is 1. The lowest BCUT2D eigenvalue weighted by molar-refractivity contribution is -0.139. The van der Waals surface area contributed by atoms with Gasteiger partial charge in [0, 0.05) is 31.2 Å². The van der Waals surface area contributed by atoms with E-state index in [1.54, 1.807) is 0 Å². The van der Waals surface area contributed by atoms with Crippen molar-refractivity contribution < 1.29 is 9.53 Å². The summed E-state index contributed by atoms with van der Waals surface area (Å²) in [5.74, 6) is 0.758. The highest BCUT2D eigenvalue weighted by Gasteiger charge is 2.25. The van der Waals surface area contributed by atoms with Gasteiger partial charge in [-0.15, -0.1) is 0 Å². The van der Waals surface area contributed by atoms with Crippen molar-refractivity contribution in [2.45, 2.75) is 33.8 Å². The summed E-state index contributed by atoms with van der Waals surface area (Å²) in [4.78, 5) is 16.7. The fourth-order valence-corrected chi connectivity index (χ4v) is 2.88. The molecule has 1 aliphatic heterocycles. The summed E-state index contributed by atoms with van der Waals surface area (Å²) in [6.45, 7) is 12.3. The molecule has 1 aromatic carbocycles. The monoisotopic (exact) mass is 324 g/mol. The largest absolute Gasteiger partial charge is 0.481 e. The lowest BCUT2D eigenvalue weighted by Crippen LogP contribution is -2.51. The first-order chi connectivity index (χ1) is 10.4. The smallest absolute Gasteiger partial charge is 0.263 e. The summed E-state index contributed by atoms with van der Waals surface area (Å²) in [6, 6.07) is 3.77. The van der Waals surface area contributed by atoms with Crippen LogP contribution in [0.2, 0.25) is 5.02 Å². The van der Waals surface area contributed by atoms with Gasteiger partial charge in [0.25, 0.3) is 5.91 Å². The number of rotatable bonds is 4. The molecule has 1 aromatic rings. The molecule has 1 atom stereocenters. The predicted octanol–water partition coefficient (Wildman–Crippen LogP) is 2.89. The number of nitrogens with zero attached hydrogens (tertiary/aromatic N) is 2. The average Bonchev–Trinajstić information content (AvgIpc) is 2.51. The Bertz CT molecular complexity index is 516. The van der Waals surface area contributed by atoms with E-state index in [2.05, 4.69) is 11.8 Å². The van der Waals surface area contributed by atoms with Gasteiger partial charge < -0.3 is 14.5 Å². The first-order valence-electron chi connectivity index (χ1n) is 7.87. The number of hydrogen-bond acceptors (Lipinski definition) is 3. The minimum absolute atomic E-state index is 0.0565. The van der Waals surface area contributed by atoms with Crippen LogP contribution in [0.3, 0.4) is 0 Å². The van der Waals surface area contributed by atoms with Crippen LogP contribution in [0.1, 0.15) is 25.0 Å². The number of aryl methyl sites for hydroxylation is 2. The zero-order valence-electron chi connectivity index (χ0n) is 13.9. The normalized spacial score (nSPS) is 17.4. The van der Waals surface area contributed by atoms with Crippen LogP contribution in [0.25, 0.3) is 0 Å². The fraction of sp³-hybridized carbons (Fsp3) is 0.588. The van der Waals surface area contributed by atoms with Crippen LogP contribution in [0.5, 0.6) is 5.75 Å². The van der Waals surface area contributed by atoms with Crippen LogP contribution in [0.4, 0.5) is 0 Å². The van der Waals surface area contributed by atoms with Crippen molar-refractivity contribution in [2.75, 3.05) is 32.7 Å². The predicted molar refractivity (Wildman–Crippen MR) is 89.7 cm³/mol. The number of carbonyl (C=O) groups is 1. The molecule has 5 heteroatoms. The second kappa shape index (κ2) is 7.34. The number of carbonyl (C=O) groups excluding carboxylic acids is 1. The summed E-state index contributed by atoms with van der Waals surface area (Å²) >= 11 is 6.16. The van der Waals surface area contributed by atoms with Gasteiger partial charge in [0.1, 0.15) is 5.75 Å². The topological polar surface area (TPSA) is 32.8 Å². The van der Waals surface area contributed by atoms with Crippen LogP contribution in [-0.2, 0) is 4.79 Å². The highest BCUT2D eigenvalue weighted by atomic mass is 35.5. The molecular formula is C17H25ClN2O2. The van der Waals surface area contributed by atoms with Gasteiger partial charge in [-0.2, -0.15) is 0 Å². The third-order valence-electron chi connectivity index (χ3n) is 4.20. The lowest BCUT2D eigenvalue weighted by atomic mass is 10.1. The molecule has 4 nitrogen and oxygen atoms in total. The van der Waals surface area contributed by atoms with Crippen LogP contribution in [0, 0.1) is 13.8 Å². The van der Waals surface area contributed by atoms with Crippen molar-refractivity contribution in [3.8, 4) is 5.75 Å². The van der Waals surface area contributed by atoms with Crippen molar-refractivity contribution in [2.24, 2.45) is 0 Å². The van der Waals surface area contributed by atoms with E-state index in [0.717, 1.165) is 48.9 Å². The first-order valence-corrected chi connectivity index (χ1v) is 8.24. The molecule has 0 radical (unpaired) electrons. The maximum atomic E-state index is 12.5. The Kier molecular flexibility index (Phi) is 5.70. The minimum atomic E-state index is -0.479. The zero-order valence-corrected chi connectivity index (χ0v) is 14.6. The van der Waals surface area contributed by atoms with E-state index in [-0.39, 0.29) is 5.91 Å². The van der Waals surface area contributed by atoms with Crippen LogP contribution >= 0.6 is 11.6 Å². The quantitative estimate of drug-likeness (QED) is 0.853. The van der Waals surface area contributed by atoms with Gasteiger partial charge in [-0.05, 0) is 50.6 Å². The van der Waals surface area contributed by atoms with E-state index in [0.29, 0.717) is 5.75 Å². The van der Waals surface area contributed by atoms with E-state index < -0.39 is 6.10 Å². The third kappa shape index (κ3) is 3.93. The Morgan fingerprint density at radius 3 is 2.27 bits per heavy atom. The van der Waals surface area contributed by atoms with E-state index in [4.69, 9.17) is 16.3 Å². The number of piperazine rings is 1.